The Hall–Kier alpha value is -2.35. The van der Waals surface area contributed by atoms with Crippen molar-refractivity contribution in [2.45, 2.75) is 6.42 Å². The van der Waals surface area contributed by atoms with Crippen molar-refractivity contribution in [3.63, 3.8) is 0 Å². The van der Waals surface area contributed by atoms with Gasteiger partial charge in [-0.3, -0.25) is 0 Å². The highest BCUT2D eigenvalue weighted by Crippen LogP contribution is 2.18. The molecule has 0 unspecified atom stereocenters. The lowest BCUT2D eigenvalue weighted by Crippen LogP contribution is -2.04. The minimum Gasteiger partial charge on any atom is -0.385 e. The number of fused-ring (bicyclic) bond motifs is 1. The molecule has 0 aliphatic rings. The van der Waals surface area contributed by atoms with Gasteiger partial charge in [-0.05, 0) is 47.0 Å². The largest absolute Gasteiger partial charge is 0.385 e. The summed E-state index contributed by atoms with van der Waals surface area (Å²) in [5.41, 5.74) is 2.26. The summed E-state index contributed by atoms with van der Waals surface area (Å²) in [6.45, 7) is 0.837. The summed E-state index contributed by atoms with van der Waals surface area (Å²) in [5, 5.41) is 5.89. The number of halogens is 1. The number of rotatable bonds is 4. The number of anilines is 1. The van der Waals surface area contributed by atoms with Crippen LogP contribution in [0.5, 0.6) is 0 Å². The second-order valence-electron chi connectivity index (χ2n) is 4.87. The average Bonchev–Trinajstić information content (AvgIpc) is 2.49. The smallest absolute Gasteiger partial charge is 0.123 e. The molecule has 3 aromatic rings. The van der Waals surface area contributed by atoms with Crippen molar-refractivity contribution >= 4 is 16.5 Å². The van der Waals surface area contributed by atoms with Gasteiger partial charge in [0.15, 0.2) is 0 Å². The van der Waals surface area contributed by atoms with Crippen molar-refractivity contribution in [2.75, 3.05) is 11.9 Å². The highest BCUT2D eigenvalue weighted by atomic mass is 19.1. The van der Waals surface area contributed by atoms with Gasteiger partial charge in [0.1, 0.15) is 5.82 Å². The first kappa shape index (κ1) is 12.7. The summed E-state index contributed by atoms with van der Waals surface area (Å²) >= 11 is 0. The number of hydrogen-bond acceptors (Lipinski definition) is 1. The van der Waals surface area contributed by atoms with Gasteiger partial charge in [-0.15, -0.1) is 0 Å². The Morgan fingerprint density at radius 2 is 1.55 bits per heavy atom. The first-order valence-corrected chi connectivity index (χ1v) is 6.78. The van der Waals surface area contributed by atoms with Crippen LogP contribution in [-0.2, 0) is 6.42 Å². The molecular weight excluding hydrogens is 249 g/mol. The predicted molar refractivity (Wildman–Crippen MR) is 82.5 cm³/mol. The van der Waals surface area contributed by atoms with Gasteiger partial charge in [0.05, 0.1) is 0 Å². The van der Waals surface area contributed by atoms with E-state index in [1.807, 2.05) is 24.3 Å². The maximum Gasteiger partial charge on any atom is 0.123 e. The van der Waals surface area contributed by atoms with E-state index in [-0.39, 0.29) is 5.82 Å². The molecule has 0 aliphatic heterocycles. The van der Waals surface area contributed by atoms with E-state index in [2.05, 4.69) is 35.6 Å². The van der Waals surface area contributed by atoms with Gasteiger partial charge in [0.25, 0.3) is 0 Å². The van der Waals surface area contributed by atoms with Gasteiger partial charge in [-0.25, -0.2) is 4.39 Å². The highest BCUT2D eigenvalue weighted by molar-refractivity contribution is 5.85. The maximum atomic E-state index is 12.8. The van der Waals surface area contributed by atoms with Crippen LogP contribution in [0.25, 0.3) is 10.8 Å². The Labute approximate surface area is 118 Å². The second-order valence-corrected chi connectivity index (χ2v) is 4.87. The normalized spacial score (nSPS) is 10.7. The SMILES string of the molecule is Fc1ccc(CCNc2ccc3ccccc3c2)cc1. The van der Waals surface area contributed by atoms with Gasteiger partial charge in [0.2, 0.25) is 0 Å². The van der Waals surface area contributed by atoms with E-state index in [1.165, 1.54) is 22.9 Å². The molecular formula is C18H16FN. The van der Waals surface area contributed by atoms with Crippen molar-refractivity contribution < 1.29 is 4.39 Å². The van der Waals surface area contributed by atoms with Gasteiger partial charge in [-0.1, -0.05) is 42.5 Å². The molecule has 100 valence electrons. The molecule has 0 atom stereocenters. The van der Waals surface area contributed by atoms with E-state index in [9.17, 15) is 4.39 Å². The van der Waals surface area contributed by atoms with Crippen LogP contribution < -0.4 is 5.32 Å². The minimum absolute atomic E-state index is 0.184. The van der Waals surface area contributed by atoms with E-state index in [4.69, 9.17) is 0 Å². The van der Waals surface area contributed by atoms with Crippen LogP contribution in [0, 0.1) is 5.82 Å². The molecule has 0 amide bonds. The van der Waals surface area contributed by atoms with Gasteiger partial charge < -0.3 is 5.32 Å². The Bertz CT molecular complexity index is 704. The Kier molecular flexibility index (Phi) is 3.64. The summed E-state index contributed by atoms with van der Waals surface area (Å²) in [6.07, 6.45) is 0.882. The molecule has 0 bridgehead atoms. The lowest BCUT2D eigenvalue weighted by molar-refractivity contribution is 0.627. The van der Waals surface area contributed by atoms with E-state index < -0.39 is 0 Å². The highest BCUT2D eigenvalue weighted by Gasteiger charge is 1.97. The Balaban J connectivity index is 1.63. The number of hydrogen-bond donors (Lipinski definition) is 1. The standard InChI is InChI=1S/C18H16FN/c19-17-8-5-14(6-9-17)11-12-20-18-10-7-15-3-1-2-4-16(15)13-18/h1-10,13,20H,11-12H2. The molecule has 2 heteroatoms. The van der Waals surface area contributed by atoms with Gasteiger partial charge in [0, 0.05) is 12.2 Å². The molecule has 0 fully saturated rings. The molecule has 20 heavy (non-hydrogen) atoms. The summed E-state index contributed by atoms with van der Waals surface area (Å²) in [7, 11) is 0. The van der Waals surface area contributed by atoms with E-state index in [1.54, 1.807) is 0 Å². The van der Waals surface area contributed by atoms with Crippen LogP contribution in [0.3, 0.4) is 0 Å². The Morgan fingerprint density at radius 1 is 0.800 bits per heavy atom. The van der Waals surface area contributed by atoms with Gasteiger partial charge >= 0.3 is 0 Å². The van der Waals surface area contributed by atoms with Crippen molar-refractivity contribution in [1.29, 1.82) is 0 Å². The van der Waals surface area contributed by atoms with Crippen LogP contribution in [0.1, 0.15) is 5.56 Å². The molecule has 0 aliphatic carbocycles. The third kappa shape index (κ3) is 2.97. The van der Waals surface area contributed by atoms with E-state index in [0.29, 0.717) is 0 Å². The second kappa shape index (κ2) is 5.74. The fraction of sp³-hybridized carbons (Fsp3) is 0.111. The number of nitrogens with one attached hydrogen (secondary N) is 1. The molecule has 0 radical (unpaired) electrons. The molecule has 0 spiro atoms. The van der Waals surface area contributed by atoms with Crippen LogP contribution in [0.4, 0.5) is 10.1 Å². The first-order valence-electron chi connectivity index (χ1n) is 6.78. The first-order chi connectivity index (χ1) is 9.81. The topological polar surface area (TPSA) is 12.0 Å². The van der Waals surface area contributed by atoms with E-state index >= 15 is 0 Å². The molecule has 0 aromatic heterocycles. The summed E-state index contributed by atoms with van der Waals surface area (Å²) < 4.78 is 12.8. The average molecular weight is 265 g/mol. The zero-order valence-corrected chi connectivity index (χ0v) is 11.1. The molecule has 3 rings (SSSR count). The summed E-state index contributed by atoms with van der Waals surface area (Å²) in [4.78, 5) is 0. The fourth-order valence-corrected chi connectivity index (χ4v) is 2.30. The van der Waals surface area contributed by atoms with E-state index in [0.717, 1.165) is 24.2 Å². The molecule has 1 nitrogen and oxygen atoms in total. The quantitative estimate of drug-likeness (QED) is 0.725. The monoisotopic (exact) mass is 265 g/mol. The Morgan fingerprint density at radius 3 is 2.35 bits per heavy atom. The number of benzene rings is 3. The minimum atomic E-state index is -0.184. The van der Waals surface area contributed by atoms with Crippen molar-refractivity contribution in [2.24, 2.45) is 0 Å². The predicted octanol–water partition coefficient (Wildman–Crippen LogP) is 4.63. The lowest BCUT2D eigenvalue weighted by Gasteiger charge is -2.08. The van der Waals surface area contributed by atoms with Crippen LogP contribution in [0.15, 0.2) is 66.7 Å². The van der Waals surface area contributed by atoms with Crippen molar-refractivity contribution in [1.82, 2.24) is 0 Å². The lowest BCUT2D eigenvalue weighted by atomic mass is 10.1. The van der Waals surface area contributed by atoms with Crippen LogP contribution in [0.2, 0.25) is 0 Å². The molecule has 0 heterocycles. The zero-order chi connectivity index (χ0) is 13.8. The van der Waals surface area contributed by atoms with Gasteiger partial charge in [-0.2, -0.15) is 0 Å². The maximum absolute atomic E-state index is 12.8. The third-order valence-electron chi connectivity index (χ3n) is 3.41. The molecule has 3 aromatic carbocycles. The molecule has 1 N–H and O–H groups in total. The molecule has 0 saturated heterocycles. The molecule has 0 saturated carbocycles. The van der Waals surface area contributed by atoms with Crippen LogP contribution in [-0.4, -0.2) is 6.54 Å². The summed E-state index contributed by atoms with van der Waals surface area (Å²) in [5.74, 6) is -0.184. The van der Waals surface area contributed by atoms with Crippen molar-refractivity contribution in [3.05, 3.63) is 78.1 Å². The van der Waals surface area contributed by atoms with Crippen molar-refractivity contribution in [3.8, 4) is 0 Å². The van der Waals surface area contributed by atoms with Crippen LogP contribution >= 0.6 is 0 Å². The summed E-state index contributed by atoms with van der Waals surface area (Å²) in [6, 6.07) is 21.3. The zero-order valence-electron chi connectivity index (χ0n) is 11.1. The fourth-order valence-electron chi connectivity index (χ4n) is 2.30. The third-order valence-corrected chi connectivity index (χ3v) is 3.41.